The fourth-order valence-corrected chi connectivity index (χ4v) is 1.10. The molecule has 0 aliphatic carbocycles. The molecule has 0 rings (SSSR count). The van der Waals surface area contributed by atoms with Gasteiger partial charge in [-0.3, -0.25) is 4.42 Å². The van der Waals surface area contributed by atoms with Crippen molar-refractivity contribution in [2.75, 3.05) is 27.7 Å². The summed E-state index contributed by atoms with van der Waals surface area (Å²) in [5, 5.41) is 5.63. The number of hydrogen-bond donors (Lipinski definition) is 2. The van der Waals surface area contributed by atoms with Crippen molar-refractivity contribution in [3.8, 4) is 0 Å². The van der Waals surface area contributed by atoms with Crippen molar-refractivity contribution in [1.82, 2.24) is 15.1 Å². The molecule has 0 heterocycles. The van der Waals surface area contributed by atoms with Crippen LogP contribution in [0.2, 0.25) is 0 Å². The van der Waals surface area contributed by atoms with Crippen LogP contribution in [-0.2, 0) is 9.53 Å². The number of carbonyl (C=O) groups is 1. The fourth-order valence-electron chi connectivity index (χ4n) is 0.943. The average Bonchev–Trinajstić information content (AvgIpc) is 2.13. The Bertz CT molecular complexity index is 223. The van der Waals surface area contributed by atoms with Gasteiger partial charge in [-0.05, 0) is 6.92 Å². The molecule has 0 aromatic heterocycles. The molecule has 0 amide bonds. The second-order valence-corrected chi connectivity index (χ2v) is 2.93. The van der Waals surface area contributed by atoms with Crippen LogP contribution in [0.5, 0.6) is 0 Å². The van der Waals surface area contributed by atoms with Crippen LogP contribution in [0.1, 0.15) is 6.92 Å². The van der Waals surface area contributed by atoms with Crippen molar-refractivity contribution >= 4 is 17.7 Å². The monoisotopic (exact) mass is 221 g/mol. The minimum Gasteiger partial charge on any atom is -0.461 e. The molecular formula is C8H16ClN3O2. The summed E-state index contributed by atoms with van der Waals surface area (Å²) in [4.78, 5) is 11.5. The lowest BCUT2D eigenvalue weighted by Crippen LogP contribution is -2.30. The van der Waals surface area contributed by atoms with Gasteiger partial charge in [-0.25, -0.2) is 4.79 Å². The highest BCUT2D eigenvalue weighted by Gasteiger charge is 2.19. The highest BCUT2D eigenvalue weighted by molar-refractivity contribution is 6.16. The van der Waals surface area contributed by atoms with Crippen molar-refractivity contribution in [1.29, 1.82) is 0 Å². The summed E-state index contributed by atoms with van der Waals surface area (Å²) in [5.41, 5.74) is 0.249. The lowest BCUT2D eigenvalue weighted by molar-refractivity contribution is -0.139. The summed E-state index contributed by atoms with van der Waals surface area (Å²) >= 11 is 5.72. The summed E-state index contributed by atoms with van der Waals surface area (Å²) < 4.78 is 6.03. The molecule has 0 aliphatic rings. The van der Waals surface area contributed by atoms with Gasteiger partial charge in [-0.15, -0.1) is 0 Å². The van der Waals surface area contributed by atoms with Gasteiger partial charge >= 0.3 is 5.97 Å². The molecule has 0 atom stereocenters. The summed E-state index contributed by atoms with van der Waals surface area (Å²) in [5.74, 6) is 0.0460. The first-order valence-electron chi connectivity index (χ1n) is 4.24. The molecule has 5 nitrogen and oxygen atoms in total. The van der Waals surface area contributed by atoms with Crippen LogP contribution in [0.3, 0.4) is 0 Å². The smallest absolute Gasteiger partial charge is 0.359 e. The Morgan fingerprint density at radius 3 is 2.21 bits per heavy atom. The number of likely N-dealkylation sites (N-methyl/N-ethyl adjacent to an activating group) is 1. The molecule has 0 spiro atoms. The van der Waals surface area contributed by atoms with E-state index in [0.29, 0.717) is 12.4 Å². The zero-order valence-electron chi connectivity index (χ0n) is 8.85. The lowest BCUT2D eigenvalue weighted by atomic mass is 10.4. The Kier molecular flexibility index (Phi) is 5.87. The number of nitrogens with one attached hydrogen (secondary N) is 2. The molecular weight excluding hydrogens is 206 g/mol. The Hall–Kier alpha value is -1.10. The summed E-state index contributed by atoms with van der Waals surface area (Å²) in [6, 6.07) is 0. The van der Waals surface area contributed by atoms with Gasteiger partial charge in [0.25, 0.3) is 0 Å². The van der Waals surface area contributed by atoms with Crippen molar-refractivity contribution in [2.45, 2.75) is 6.92 Å². The number of halogens is 1. The number of carbonyl (C=O) groups excluding carboxylic acids is 1. The molecule has 0 saturated heterocycles. The van der Waals surface area contributed by atoms with Crippen molar-refractivity contribution < 1.29 is 9.53 Å². The number of nitrogens with zero attached hydrogens (tertiary/aromatic N) is 1. The SMILES string of the molecule is CCOC(=O)C(=C(NC)NC)N(C)Cl. The third-order valence-electron chi connectivity index (χ3n) is 1.51. The highest BCUT2D eigenvalue weighted by Crippen LogP contribution is 2.09. The molecule has 82 valence electrons. The van der Waals surface area contributed by atoms with Crippen LogP contribution in [-0.4, -0.2) is 38.1 Å². The van der Waals surface area contributed by atoms with Crippen molar-refractivity contribution in [2.24, 2.45) is 0 Å². The number of hydrogen-bond acceptors (Lipinski definition) is 5. The maximum absolute atomic E-state index is 11.5. The number of rotatable bonds is 5. The quantitative estimate of drug-likeness (QED) is 0.396. The lowest BCUT2D eigenvalue weighted by Gasteiger charge is -2.17. The fraction of sp³-hybridized carbons (Fsp3) is 0.625. The first-order chi connectivity index (χ1) is 6.58. The first-order valence-corrected chi connectivity index (χ1v) is 4.58. The van der Waals surface area contributed by atoms with Gasteiger partial charge in [-0.2, -0.15) is 0 Å². The largest absolute Gasteiger partial charge is 0.461 e. The minimum absolute atomic E-state index is 0.249. The molecule has 14 heavy (non-hydrogen) atoms. The van der Waals surface area contributed by atoms with E-state index in [4.69, 9.17) is 16.5 Å². The third-order valence-corrected chi connectivity index (χ3v) is 1.68. The van der Waals surface area contributed by atoms with Gasteiger partial charge in [0, 0.05) is 32.9 Å². The van der Waals surface area contributed by atoms with E-state index < -0.39 is 5.97 Å². The number of ether oxygens (including phenoxy) is 1. The van der Waals surface area contributed by atoms with E-state index in [1.54, 1.807) is 28.1 Å². The molecule has 0 bridgehead atoms. The Morgan fingerprint density at radius 2 is 1.93 bits per heavy atom. The van der Waals surface area contributed by atoms with Gasteiger partial charge in [0.05, 0.1) is 6.61 Å². The average molecular weight is 222 g/mol. The predicted octanol–water partition coefficient (Wildman–Crippen LogP) is 0.243. The molecule has 0 fully saturated rings. The van der Waals surface area contributed by atoms with E-state index in [-0.39, 0.29) is 5.70 Å². The van der Waals surface area contributed by atoms with Gasteiger partial charge in [-0.1, -0.05) is 0 Å². The summed E-state index contributed by atoms with van der Waals surface area (Å²) in [6.45, 7) is 2.05. The summed E-state index contributed by atoms with van der Waals surface area (Å²) in [7, 11) is 4.93. The first kappa shape index (κ1) is 12.9. The van der Waals surface area contributed by atoms with E-state index in [0.717, 1.165) is 0 Å². The van der Waals surface area contributed by atoms with Gasteiger partial charge in [0.1, 0.15) is 5.82 Å². The highest BCUT2D eigenvalue weighted by atomic mass is 35.5. The van der Waals surface area contributed by atoms with Crippen LogP contribution < -0.4 is 10.6 Å². The van der Waals surface area contributed by atoms with Gasteiger partial charge < -0.3 is 15.4 Å². The Morgan fingerprint density at radius 1 is 1.43 bits per heavy atom. The standard InChI is InChI=1S/C8H16ClN3O2/c1-5-14-8(13)6(12(4)9)7(10-2)11-3/h10-11H,5H2,1-4H3. The van der Waals surface area contributed by atoms with E-state index in [9.17, 15) is 4.79 Å². The zero-order valence-corrected chi connectivity index (χ0v) is 9.60. The van der Waals surface area contributed by atoms with E-state index in [1.807, 2.05) is 0 Å². The normalized spacial score (nSPS) is 8.93. The summed E-state index contributed by atoms with van der Waals surface area (Å²) in [6.07, 6.45) is 0. The molecule has 0 aliphatic heterocycles. The molecule has 0 aromatic rings. The van der Waals surface area contributed by atoms with Gasteiger partial charge in [0.15, 0.2) is 5.70 Å². The van der Waals surface area contributed by atoms with Crippen LogP contribution in [0.15, 0.2) is 11.5 Å². The molecule has 0 unspecified atom stereocenters. The Balaban J connectivity index is 4.91. The van der Waals surface area contributed by atoms with Crippen LogP contribution in [0.25, 0.3) is 0 Å². The van der Waals surface area contributed by atoms with E-state index in [1.165, 1.54) is 4.42 Å². The number of esters is 1. The van der Waals surface area contributed by atoms with Crippen molar-refractivity contribution in [3.63, 3.8) is 0 Å². The second-order valence-electron chi connectivity index (χ2n) is 2.42. The Labute approximate surface area is 89.2 Å². The third kappa shape index (κ3) is 3.33. The van der Waals surface area contributed by atoms with Crippen LogP contribution >= 0.6 is 11.8 Å². The van der Waals surface area contributed by atoms with Crippen molar-refractivity contribution in [3.05, 3.63) is 11.5 Å². The molecule has 6 heteroatoms. The molecule has 0 radical (unpaired) electrons. The zero-order chi connectivity index (χ0) is 11.1. The topological polar surface area (TPSA) is 53.6 Å². The predicted molar refractivity (Wildman–Crippen MR) is 55.4 cm³/mol. The maximum Gasteiger partial charge on any atom is 0.359 e. The molecule has 0 aromatic carbocycles. The van der Waals surface area contributed by atoms with Gasteiger partial charge in [0.2, 0.25) is 0 Å². The molecule has 0 saturated carbocycles. The van der Waals surface area contributed by atoms with Crippen LogP contribution in [0, 0.1) is 0 Å². The second kappa shape index (κ2) is 6.37. The molecule has 2 N–H and O–H groups in total. The van der Waals surface area contributed by atoms with Crippen LogP contribution in [0.4, 0.5) is 0 Å². The minimum atomic E-state index is -0.469. The van der Waals surface area contributed by atoms with E-state index in [2.05, 4.69) is 10.6 Å². The van der Waals surface area contributed by atoms with E-state index >= 15 is 0 Å². The maximum atomic E-state index is 11.5.